The highest BCUT2D eigenvalue weighted by Crippen LogP contribution is 2.18. The molecule has 1 aliphatic heterocycles. The molecule has 3 aromatic rings. The summed E-state index contributed by atoms with van der Waals surface area (Å²) in [6, 6.07) is 6.68. The second-order valence-corrected chi connectivity index (χ2v) is 6.21. The van der Waals surface area contributed by atoms with Crippen molar-refractivity contribution in [3.05, 3.63) is 54.5 Å². The van der Waals surface area contributed by atoms with Crippen molar-refractivity contribution in [2.24, 2.45) is 0 Å². The van der Waals surface area contributed by atoms with Gasteiger partial charge in [-0.3, -0.25) is 19.5 Å². The minimum Gasteiger partial charge on any atom is -0.337 e. The van der Waals surface area contributed by atoms with Crippen molar-refractivity contribution in [3.63, 3.8) is 0 Å². The molecule has 3 aromatic heterocycles. The van der Waals surface area contributed by atoms with Gasteiger partial charge in [-0.1, -0.05) is 6.07 Å². The van der Waals surface area contributed by atoms with Crippen LogP contribution in [0.3, 0.4) is 0 Å². The quantitative estimate of drug-likeness (QED) is 0.700. The van der Waals surface area contributed by atoms with Gasteiger partial charge in [0.05, 0.1) is 18.4 Å². The number of aryl methyl sites for hydroxylation is 1. The van der Waals surface area contributed by atoms with E-state index in [0.29, 0.717) is 25.3 Å². The van der Waals surface area contributed by atoms with E-state index in [9.17, 15) is 9.59 Å². The molecule has 0 bridgehead atoms. The summed E-state index contributed by atoms with van der Waals surface area (Å²) in [6.45, 7) is 0.943. The summed E-state index contributed by atoms with van der Waals surface area (Å²) in [5, 5.41) is 11.1. The van der Waals surface area contributed by atoms with E-state index in [1.807, 2.05) is 18.2 Å². The zero-order valence-electron chi connectivity index (χ0n) is 14.7. The maximum absolute atomic E-state index is 12.6. The number of pyridine rings is 1. The number of nitrogens with zero attached hydrogens (tertiary/aromatic N) is 7. The lowest BCUT2D eigenvalue weighted by Gasteiger charge is -2.19. The second-order valence-electron chi connectivity index (χ2n) is 6.21. The monoisotopic (exact) mass is 366 g/mol. The van der Waals surface area contributed by atoms with Crippen LogP contribution in [-0.2, 0) is 17.9 Å². The van der Waals surface area contributed by atoms with Gasteiger partial charge in [0, 0.05) is 25.9 Å². The molecular formula is C17H18N8O2. The number of hydrogen-bond acceptors (Lipinski definition) is 6. The fraction of sp³-hybridized carbons (Fsp3) is 0.294. The molecule has 10 heteroatoms. The Balaban J connectivity index is 1.43. The molecule has 0 radical (unpaired) electrons. The van der Waals surface area contributed by atoms with Gasteiger partial charge in [0.25, 0.3) is 11.8 Å². The highest BCUT2D eigenvalue weighted by atomic mass is 16.2. The standard InChI is InChI=1S/C17H18N8O2/c1-23-14-5-8-20-25(14)9-6-13(17(23)27)21-16(26)15-19-11-24(22-15)10-12-4-2-3-7-18-12/h2-5,7-8,11,13H,6,9-10H2,1H3,(H,21,26). The number of fused-ring (bicyclic) bond motifs is 1. The summed E-state index contributed by atoms with van der Waals surface area (Å²) in [6.07, 6.45) is 5.26. The fourth-order valence-electron chi connectivity index (χ4n) is 2.99. The maximum Gasteiger partial charge on any atom is 0.291 e. The highest BCUT2D eigenvalue weighted by molar-refractivity contribution is 6.00. The molecule has 1 aliphatic rings. The van der Waals surface area contributed by atoms with E-state index in [1.54, 1.807) is 30.2 Å². The predicted molar refractivity (Wildman–Crippen MR) is 94.9 cm³/mol. The van der Waals surface area contributed by atoms with Crippen LogP contribution in [-0.4, -0.2) is 54.4 Å². The van der Waals surface area contributed by atoms with Gasteiger partial charge >= 0.3 is 0 Å². The van der Waals surface area contributed by atoms with E-state index in [2.05, 4.69) is 25.5 Å². The number of hydrogen-bond donors (Lipinski definition) is 1. The van der Waals surface area contributed by atoms with E-state index < -0.39 is 11.9 Å². The summed E-state index contributed by atoms with van der Waals surface area (Å²) in [5.41, 5.74) is 0.810. The molecule has 1 N–H and O–H groups in total. The Bertz CT molecular complexity index is 964. The Kier molecular flexibility index (Phi) is 4.37. The van der Waals surface area contributed by atoms with E-state index in [4.69, 9.17) is 0 Å². The molecule has 0 spiro atoms. The molecule has 4 rings (SSSR count). The maximum atomic E-state index is 12.6. The van der Waals surface area contributed by atoms with E-state index in [-0.39, 0.29) is 11.7 Å². The van der Waals surface area contributed by atoms with Gasteiger partial charge in [0.2, 0.25) is 5.82 Å². The van der Waals surface area contributed by atoms with Crippen molar-refractivity contribution >= 4 is 17.6 Å². The first-order valence-electron chi connectivity index (χ1n) is 8.51. The number of rotatable bonds is 4. The van der Waals surface area contributed by atoms with Crippen LogP contribution < -0.4 is 10.2 Å². The first kappa shape index (κ1) is 16.9. The van der Waals surface area contributed by atoms with Crippen molar-refractivity contribution in [3.8, 4) is 0 Å². The lowest BCUT2D eigenvalue weighted by Crippen LogP contribution is -2.47. The lowest BCUT2D eigenvalue weighted by molar-refractivity contribution is -0.120. The zero-order valence-corrected chi connectivity index (χ0v) is 14.7. The zero-order chi connectivity index (χ0) is 18.8. The summed E-state index contributed by atoms with van der Waals surface area (Å²) in [4.78, 5) is 34.9. The van der Waals surface area contributed by atoms with E-state index in [0.717, 1.165) is 5.69 Å². The van der Waals surface area contributed by atoms with Gasteiger partial charge in [-0.05, 0) is 18.6 Å². The minimum absolute atomic E-state index is 0.0170. The number of carbonyl (C=O) groups is 2. The number of anilines is 1. The van der Waals surface area contributed by atoms with Gasteiger partial charge in [0.15, 0.2) is 0 Å². The van der Waals surface area contributed by atoms with Crippen LogP contribution in [0.25, 0.3) is 0 Å². The van der Waals surface area contributed by atoms with Crippen LogP contribution >= 0.6 is 0 Å². The Hall–Kier alpha value is -3.56. The first-order valence-corrected chi connectivity index (χ1v) is 8.51. The molecule has 4 heterocycles. The largest absolute Gasteiger partial charge is 0.337 e. The number of likely N-dealkylation sites (N-methyl/N-ethyl adjacent to an activating group) is 1. The van der Waals surface area contributed by atoms with Crippen molar-refractivity contribution in [2.75, 3.05) is 11.9 Å². The van der Waals surface area contributed by atoms with Crippen molar-refractivity contribution in [1.29, 1.82) is 0 Å². The molecule has 0 aliphatic carbocycles. The molecule has 0 saturated heterocycles. The number of aromatic nitrogens is 6. The van der Waals surface area contributed by atoms with Crippen LogP contribution in [0.2, 0.25) is 0 Å². The summed E-state index contributed by atoms with van der Waals surface area (Å²) in [7, 11) is 1.67. The van der Waals surface area contributed by atoms with Gasteiger partial charge in [-0.15, -0.1) is 5.10 Å². The molecule has 2 amide bonds. The molecule has 1 unspecified atom stereocenters. The van der Waals surface area contributed by atoms with E-state index in [1.165, 1.54) is 15.9 Å². The van der Waals surface area contributed by atoms with Crippen molar-refractivity contribution in [1.82, 2.24) is 34.8 Å². The average molecular weight is 366 g/mol. The Labute approximate surface area is 154 Å². The van der Waals surface area contributed by atoms with Crippen molar-refractivity contribution in [2.45, 2.75) is 25.6 Å². The molecule has 27 heavy (non-hydrogen) atoms. The lowest BCUT2D eigenvalue weighted by atomic mass is 10.2. The van der Waals surface area contributed by atoms with Gasteiger partial charge in [-0.25, -0.2) is 14.3 Å². The fourth-order valence-corrected chi connectivity index (χ4v) is 2.99. The molecule has 10 nitrogen and oxygen atoms in total. The Morgan fingerprint density at radius 1 is 1.26 bits per heavy atom. The van der Waals surface area contributed by atoms with Crippen LogP contribution in [0, 0.1) is 0 Å². The number of nitrogens with one attached hydrogen (secondary N) is 1. The normalized spacial score (nSPS) is 16.7. The SMILES string of the molecule is CN1C(=O)C(NC(=O)c2ncn(Cc3ccccn3)n2)CCn2nccc21. The summed E-state index contributed by atoms with van der Waals surface area (Å²) < 4.78 is 3.28. The van der Waals surface area contributed by atoms with Gasteiger partial charge < -0.3 is 5.32 Å². The average Bonchev–Trinajstić information content (AvgIpc) is 3.32. The van der Waals surface area contributed by atoms with Gasteiger partial charge in [0.1, 0.15) is 18.2 Å². The van der Waals surface area contributed by atoms with Crippen LogP contribution in [0.5, 0.6) is 0 Å². The van der Waals surface area contributed by atoms with E-state index >= 15 is 0 Å². The molecule has 0 aromatic carbocycles. The van der Waals surface area contributed by atoms with Gasteiger partial charge in [-0.2, -0.15) is 5.10 Å². The van der Waals surface area contributed by atoms with Crippen LogP contribution in [0.4, 0.5) is 5.82 Å². The third kappa shape index (κ3) is 3.41. The minimum atomic E-state index is -0.660. The Morgan fingerprint density at radius 3 is 2.96 bits per heavy atom. The summed E-state index contributed by atoms with van der Waals surface area (Å²) >= 11 is 0. The third-order valence-corrected chi connectivity index (χ3v) is 4.39. The Morgan fingerprint density at radius 2 is 2.15 bits per heavy atom. The predicted octanol–water partition coefficient (Wildman–Crippen LogP) is 0.0830. The topological polar surface area (TPSA) is 111 Å². The molecular weight excluding hydrogens is 348 g/mol. The van der Waals surface area contributed by atoms with Crippen LogP contribution in [0.1, 0.15) is 22.7 Å². The molecule has 0 saturated carbocycles. The second kappa shape index (κ2) is 6.98. The number of amides is 2. The molecule has 138 valence electrons. The summed E-state index contributed by atoms with van der Waals surface area (Å²) in [5.74, 6) is 0.0365. The smallest absolute Gasteiger partial charge is 0.291 e. The third-order valence-electron chi connectivity index (χ3n) is 4.39. The molecule has 0 fully saturated rings. The van der Waals surface area contributed by atoms with Crippen LogP contribution in [0.15, 0.2) is 43.0 Å². The molecule has 1 atom stereocenters. The van der Waals surface area contributed by atoms with Crippen molar-refractivity contribution < 1.29 is 9.59 Å². The first-order chi connectivity index (χ1) is 13.1. The highest BCUT2D eigenvalue weighted by Gasteiger charge is 2.30. The number of carbonyl (C=O) groups excluding carboxylic acids is 2.